The second kappa shape index (κ2) is 9.03. The van der Waals surface area contributed by atoms with Crippen molar-refractivity contribution >= 4 is 5.91 Å². The molecule has 186 valence electrons. The lowest BCUT2D eigenvalue weighted by atomic mass is 9.63. The van der Waals surface area contributed by atoms with Gasteiger partial charge in [-0.25, -0.2) is 0 Å². The minimum atomic E-state index is -0.272. The van der Waals surface area contributed by atoms with Crippen molar-refractivity contribution in [1.29, 1.82) is 0 Å². The van der Waals surface area contributed by atoms with Gasteiger partial charge in [0.1, 0.15) is 0 Å². The van der Waals surface area contributed by atoms with Crippen LogP contribution in [-0.4, -0.2) is 111 Å². The number of aliphatic hydroxyl groups is 1. The lowest BCUT2D eigenvalue weighted by Crippen LogP contribution is -2.70. The molecule has 11 atom stereocenters. The molecular weight excluding hydrogens is 422 g/mol. The number of nitrogens with zero attached hydrogens (tertiary/aromatic N) is 2. The van der Waals surface area contributed by atoms with E-state index in [4.69, 9.17) is 14.2 Å². The van der Waals surface area contributed by atoms with Crippen molar-refractivity contribution in [3.63, 3.8) is 0 Å². The highest BCUT2D eigenvalue weighted by atomic mass is 16.5. The van der Waals surface area contributed by atoms with Gasteiger partial charge in [-0.2, -0.15) is 0 Å². The highest BCUT2D eigenvalue weighted by Crippen LogP contribution is 2.55. The molecule has 6 aliphatic rings. The van der Waals surface area contributed by atoms with Gasteiger partial charge in [-0.3, -0.25) is 9.69 Å². The molecule has 4 saturated heterocycles. The number of methoxy groups -OCH3 is 2. The third kappa shape index (κ3) is 3.51. The van der Waals surface area contributed by atoms with E-state index in [1.165, 1.54) is 0 Å². The van der Waals surface area contributed by atoms with Crippen molar-refractivity contribution < 1.29 is 24.1 Å². The fraction of sp³-hybridized carbons (Fsp3) is 0.960. The van der Waals surface area contributed by atoms with Crippen LogP contribution in [0.25, 0.3) is 0 Å². The maximum absolute atomic E-state index is 14.2. The first-order chi connectivity index (χ1) is 16.1. The number of aliphatic hydroxyl groups excluding tert-OH is 1. The van der Waals surface area contributed by atoms with Gasteiger partial charge in [0.2, 0.25) is 5.91 Å². The van der Waals surface area contributed by atoms with Crippen LogP contribution in [0.1, 0.15) is 32.1 Å². The maximum Gasteiger partial charge on any atom is 0.229 e. The predicted molar refractivity (Wildman–Crippen MR) is 122 cm³/mol. The van der Waals surface area contributed by atoms with Gasteiger partial charge in [-0.1, -0.05) is 0 Å². The number of morpholine rings is 1. The zero-order chi connectivity index (χ0) is 22.7. The van der Waals surface area contributed by atoms with Crippen LogP contribution in [0.3, 0.4) is 0 Å². The van der Waals surface area contributed by atoms with Gasteiger partial charge in [0.15, 0.2) is 0 Å². The third-order valence-corrected chi connectivity index (χ3v) is 10.1. The largest absolute Gasteiger partial charge is 0.393 e. The van der Waals surface area contributed by atoms with Gasteiger partial charge >= 0.3 is 0 Å². The van der Waals surface area contributed by atoms with Crippen molar-refractivity contribution in [2.75, 3.05) is 53.6 Å². The van der Waals surface area contributed by atoms with Crippen molar-refractivity contribution in [3.05, 3.63) is 0 Å². The summed E-state index contributed by atoms with van der Waals surface area (Å²) in [5.74, 6) is 1.56. The number of piperidine rings is 2. The Morgan fingerprint density at radius 3 is 2.64 bits per heavy atom. The van der Waals surface area contributed by atoms with Crippen LogP contribution in [0.4, 0.5) is 0 Å². The zero-order valence-electron chi connectivity index (χ0n) is 20.1. The molecule has 33 heavy (non-hydrogen) atoms. The molecule has 1 amide bonds. The van der Waals surface area contributed by atoms with Gasteiger partial charge in [-0.15, -0.1) is 0 Å². The molecule has 4 aliphatic heterocycles. The van der Waals surface area contributed by atoms with Crippen LogP contribution >= 0.6 is 0 Å². The van der Waals surface area contributed by atoms with Crippen molar-refractivity contribution in [2.45, 2.75) is 68.5 Å². The molecule has 0 aromatic heterocycles. The summed E-state index contributed by atoms with van der Waals surface area (Å²) < 4.78 is 17.3. The first kappa shape index (κ1) is 22.7. The van der Waals surface area contributed by atoms with Crippen LogP contribution < -0.4 is 5.32 Å². The number of nitrogens with one attached hydrogen (secondary N) is 1. The molecule has 8 heteroatoms. The average Bonchev–Trinajstić information content (AvgIpc) is 3.19. The minimum Gasteiger partial charge on any atom is -0.393 e. The van der Waals surface area contributed by atoms with Crippen LogP contribution in [0.15, 0.2) is 0 Å². The fourth-order valence-electron chi connectivity index (χ4n) is 8.88. The van der Waals surface area contributed by atoms with Gasteiger partial charge in [0.05, 0.1) is 43.5 Å². The summed E-state index contributed by atoms with van der Waals surface area (Å²) in [5.41, 5.74) is 0. The Hall–Kier alpha value is -0.770. The molecule has 0 aromatic carbocycles. The molecule has 6 rings (SSSR count). The van der Waals surface area contributed by atoms with E-state index in [-0.39, 0.29) is 48.1 Å². The summed E-state index contributed by atoms with van der Waals surface area (Å²) in [5, 5.41) is 15.0. The Morgan fingerprint density at radius 2 is 1.88 bits per heavy atom. The molecule has 8 nitrogen and oxygen atoms in total. The molecule has 4 heterocycles. The summed E-state index contributed by atoms with van der Waals surface area (Å²) in [7, 11) is 3.48. The first-order valence-corrected chi connectivity index (χ1v) is 13.2. The van der Waals surface area contributed by atoms with Crippen LogP contribution in [0.2, 0.25) is 0 Å². The monoisotopic (exact) mass is 463 g/mol. The Kier molecular flexibility index (Phi) is 6.20. The van der Waals surface area contributed by atoms with Crippen molar-refractivity contribution in [2.24, 2.45) is 29.6 Å². The second-order valence-electron chi connectivity index (χ2n) is 11.3. The molecule has 6 fully saturated rings. The average molecular weight is 464 g/mol. The van der Waals surface area contributed by atoms with E-state index in [0.29, 0.717) is 23.8 Å². The minimum absolute atomic E-state index is 0.0169. The summed E-state index contributed by atoms with van der Waals surface area (Å²) in [6.07, 6.45) is 4.30. The molecule has 0 bridgehead atoms. The van der Waals surface area contributed by atoms with Crippen molar-refractivity contribution in [3.8, 4) is 0 Å². The van der Waals surface area contributed by atoms with E-state index in [0.717, 1.165) is 71.5 Å². The zero-order valence-corrected chi connectivity index (χ0v) is 20.1. The van der Waals surface area contributed by atoms with Crippen molar-refractivity contribution in [1.82, 2.24) is 15.1 Å². The van der Waals surface area contributed by atoms with Gasteiger partial charge in [-0.05, 0) is 56.4 Å². The number of carbonyl (C=O) groups is 1. The standard InChI is InChI=1S/C25H41N3O5/c1-31-19-6-3-14-21(24(19)32-2)25(30)28-17-4-5-18(29)16(13-27-9-11-33-12-10-27)20(17)15-7-8-26-22(14)23(15)28/h14-24,26,29H,3-13H2,1-2H3. The van der Waals surface area contributed by atoms with E-state index < -0.39 is 0 Å². The fourth-order valence-corrected chi connectivity index (χ4v) is 8.88. The highest BCUT2D eigenvalue weighted by Gasteiger charge is 2.65. The maximum atomic E-state index is 14.2. The van der Waals surface area contributed by atoms with Crippen LogP contribution in [0, 0.1) is 29.6 Å². The smallest absolute Gasteiger partial charge is 0.229 e. The molecule has 11 unspecified atom stereocenters. The third-order valence-electron chi connectivity index (χ3n) is 10.1. The van der Waals surface area contributed by atoms with E-state index in [1.54, 1.807) is 14.2 Å². The van der Waals surface area contributed by atoms with Crippen LogP contribution in [0.5, 0.6) is 0 Å². The summed E-state index contributed by atoms with van der Waals surface area (Å²) >= 11 is 0. The summed E-state index contributed by atoms with van der Waals surface area (Å²) in [6.45, 7) is 5.38. The Bertz CT molecular complexity index is 733. The SMILES string of the molecule is COC1CCC2C3NCCC4C5C(CN6CCOCC6)C(O)CCC5N(C(=O)C2C1OC)C43. The Balaban J connectivity index is 1.33. The molecule has 2 N–H and O–H groups in total. The number of carbonyl (C=O) groups excluding carboxylic acids is 1. The normalized spacial score (nSPS) is 50.0. The first-order valence-electron chi connectivity index (χ1n) is 13.2. The number of fused-ring (bicyclic) bond motifs is 5. The Morgan fingerprint density at radius 1 is 1.06 bits per heavy atom. The Labute approximate surface area is 197 Å². The lowest BCUT2D eigenvalue weighted by molar-refractivity contribution is -0.175. The molecule has 0 radical (unpaired) electrons. The van der Waals surface area contributed by atoms with E-state index >= 15 is 0 Å². The number of hydrogen-bond acceptors (Lipinski definition) is 7. The predicted octanol–water partition coefficient (Wildman–Crippen LogP) is 0.333. The molecular formula is C25H41N3O5. The van der Waals surface area contributed by atoms with Gasteiger partial charge < -0.3 is 29.5 Å². The molecule has 0 spiro atoms. The van der Waals surface area contributed by atoms with Gasteiger partial charge in [0, 0.05) is 51.9 Å². The molecule has 2 saturated carbocycles. The quantitative estimate of drug-likeness (QED) is 0.622. The molecule has 2 aliphatic carbocycles. The summed E-state index contributed by atoms with van der Waals surface area (Å²) in [6, 6.07) is 0.830. The summed E-state index contributed by atoms with van der Waals surface area (Å²) in [4.78, 5) is 19.0. The number of ether oxygens (including phenoxy) is 3. The second-order valence-corrected chi connectivity index (χ2v) is 11.3. The van der Waals surface area contributed by atoms with E-state index in [1.807, 2.05) is 0 Å². The van der Waals surface area contributed by atoms with Crippen LogP contribution in [-0.2, 0) is 19.0 Å². The number of hydrogen-bond donors (Lipinski definition) is 2. The lowest BCUT2D eigenvalue weighted by Gasteiger charge is -2.55. The van der Waals surface area contributed by atoms with Gasteiger partial charge in [0.25, 0.3) is 0 Å². The topological polar surface area (TPSA) is 83.5 Å². The number of rotatable bonds is 4. The number of amides is 1. The van der Waals surface area contributed by atoms with E-state index in [9.17, 15) is 9.90 Å². The molecule has 0 aromatic rings. The highest BCUT2D eigenvalue weighted by molar-refractivity contribution is 5.83. The van der Waals surface area contributed by atoms with E-state index in [2.05, 4.69) is 15.1 Å².